The number of carboxylic acid groups (broad SMARTS) is 1. The van der Waals surface area contributed by atoms with Crippen LogP contribution in [-0.4, -0.2) is 16.6 Å². The maximum atomic E-state index is 8.99. The van der Waals surface area contributed by atoms with Crippen LogP contribution < -0.4 is 11.5 Å². The van der Waals surface area contributed by atoms with Gasteiger partial charge in [-0.15, -0.1) is 0 Å². The van der Waals surface area contributed by atoms with Crippen molar-refractivity contribution in [1.29, 1.82) is 0 Å². The molecule has 0 saturated carbocycles. The summed E-state index contributed by atoms with van der Waals surface area (Å²) in [6.45, 7) is 0. The fourth-order valence-electron chi connectivity index (χ4n) is 0. The first kappa shape index (κ1) is 10.1. The maximum Gasteiger partial charge on any atom is 0.402 e. The minimum atomic E-state index is -1.33. The molecule has 0 radical (unpaired) electrons. The Morgan fingerprint density at radius 1 is 1.38 bits per heavy atom. The molecule has 0 aliphatic heterocycles. The Hall–Kier alpha value is -0.970. The molecule has 0 aromatic carbocycles. The van der Waals surface area contributed by atoms with E-state index in [0.717, 1.165) is 0 Å². The third-order valence-electron chi connectivity index (χ3n) is 0. The van der Waals surface area contributed by atoms with E-state index in [-0.39, 0.29) is 0 Å². The van der Waals surface area contributed by atoms with Gasteiger partial charge in [0.2, 0.25) is 0 Å². The van der Waals surface area contributed by atoms with Crippen molar-refractivity contribution in [2.75, 3.05) is 0 Å². The van der Waals surface area contributed by atoms with Crippen LogP contribution in [0.4, 0.5) is 9.59 Å². The van der Waals surface area contributed by atoms with Crippen molar-refractivity contribution in [2.45, 2.75) is 0 Å². The third-order valence-corrected chi connectivity index (χ3v) is 0. The lowest BCUT2D eigenvalue weighted by atomic mass is 11.3. The van der Waals surface area contributed by atoms with E-state index in [4.69, 9.17) is 14.7 Å². The molecule has 0 bridgehead atoms. The summed E-state index contributed by atoms with van der Waals surface area (Å²) in [5, 5.41) is 6.33. The molecule has 5 N–H and O–H groups in total. The number of hydrogen-bond acceptors (Lipinski definition) is 2. The van der Waals surface area contributed by atoms with Crippen LogP contribution >= 0.6 is 11.6 Å². The van der Waals surface area contributed by atoms with Crippen LogP contribution in [0.25, 0.3) is 0 Å². The molecule has 0 saturated heterocycles. The zero-order chi connectivity index (χ0) is 7.15. The van der Waals surface area contributed by atoms with Gasteiger partial charge in [-0.1, -0.05) is 0 Å². The van der Waals surface area contributed by atoms with Crippen LogP contribution in [0.5, 0.6) is 0 Å². The molecule has 0 aliphatic carbocycles. The molecule has 0 spiro atoms. The molecule has 0 heterocycles. The van der Waals surface area contributed by atoms with Gasteiger partial charge in [0.25, 0.3) is 0 Å². The summed E-state index contributed by atoms with van der Waals surface area (Å²) < 4.78 is 0. The summed E-state index contributed by atoms with van der Waals surface area (Å²) in [6.07, 6.45) is -1.33. The largest absolute Gasteiger partial charge is 0.465 e. The van der Waals surface area contributed by atoms with Gasteiger partial charge >= 0.3 is 11.5 Å². The van der Waals surface area contributed by atoms with Crippen molar-refractivity contribution < 1.29 is 14.7 Å². The molecular weight excluding hydrogens is 135 g/mol. The van der Waals surface area contributed by atoms with E-state index in [1.54, 1.807) is 0 Å². The van der Waals surface area contributed by atoms with E-state index in [1.165, 1.54) is 0 Å². The summed E-state index contributed by atoms with van der Waals surface area (Å²) >= 11 is 4.41. The van der Waals surface area contributed by atoms with Crippen molar-refractivity contribution in [3.05, 3.63) is 0 Å². The van der Waals surface area contributed by atoms with Crippen molar-refractivity contribution >= 4 is 23.1 Å². The molecule has 0 aromatic heterocycles. The molecule has 0 aromatic rings. The summed E-state index contributed by atoms with van der Waals surface area (Å²) in [6, 6.07) is 0. The van der Waals surface area contributed by atoms with Crippen LogP contribution in [0.15, 0.2) is 0 Å². The Kier molecular flexibility index (Phi) is 7.62. The van der Waals surface area contributed by atoms with Gasteiger partial charge in [0, 0.05) is 0 Å². The Morgan fingerprint density at radius 2 is 1.38 bits per heavy atom. The number of amides is 2. The van der Waals surface area contributed by atoms with Crippen LogP contribution in [0, 0.1) is 0 Å². The van der Waals surface area contributed by atoms with Crippen molar-refractivity contribution in [3.63, 3.8) is 0 Å². The van der Waals surface area contributed by atoms with E-state index in [9.17, 15) is 0 Å². The van der Waals surface area contributed by atoms with Crippen LogP contribution in [-0.2, 0) is 0 Å². The van der Waals surface area contributed by atoms with Crippen molar-refractivity contribution in [1.82, 2.24) is 0 Å². The summed E-state index contributed by atoms with van der Waals surface area (Å²) in [4.78, 5) is 17.8. The molecule has 0 unspecified atom stereocenters. The predicted octanol–water partition coefficient (Wildman–Crippen LogP) is -0.0730. The number of carbonyl (C=O) groups excluding carboxylic acids is 1. The topological polar surface area (TPSA) is 106 Å². The fraction of sp³-hybridized carbons (Fsp3) is 0. The molecule has 5 nitrogen and oxygen atoms in total. The number of primary amides is 2. The highest BCUT2D eigenvalue weighted by Gasteiger charge is 1.66. The first-order chi connectivity index (χ1) is 3.46. The second kappa shape index (κ2) is 6.03. The van der Waals surface area contributed by atoms with Crippen LogP contribution in [0.3, 0.4) is 0 Å². The van der Waals surface area contributed by atoms with Crippen molar-refractivity contribution in [2.24, 2.45) is 11.5 Å². The Bertz CT molecular complexity index is 73.3. The average Bonchev–Trinajstić information content (AvgIpc) is 1.25. The minimum absolute atomic E-state index is 0.861. The highest BCUT2D eigenvalue weighted by Crippen LogP contribution is 1.62. The molecule has 8 heavy (non-hydrogen) atoms. The number of nitrogens with two attached hydrogens (primary N) is 2. The van der Waals surface area contributed by atoms with E-state index < -0.39 is 11.5 Å². The number of halogens is 1. The van der Waals surface area contributed by atoms with Gasteiger partial charge in [-0.25, -0.2) is 4.79 Å². The second-order valence-electron chi connectivity index (χ2n) is 0.642. The first-order valence-corrected chi connectivity index (χ1v) is 1.78. The molecule has 48 valence electrons. The molecule has 6 heteroatoms. The molecule has 0 fully saturated rings. The normalized spacial score (nSPS) is 6.12. The molecule has 0 aliphatic rings. The highest BCUT2D eigenvalue weighted by molar-refractivity contribution is 6.62. The lowest BCUT2D eigenvalue weighted by Crippen LogP contribution is -2.03. The van der Waals surface area contributed by atoms with Gasteiger partial charge in [0.15, 0.2) is 0 Å². The third kappa shape index (κ3) is 86.8. The predicted molar refractivity (Wildman–Crippen MR) is 27.6 cm³/mol. The zero-order valence-electron chi connectivity index (χ0n) is 3.80. The Balaban J connectivity index is 0. The number of carbonyl (C=O) groups is 2. The number of hydrogen-bond donors (Lipinski definition) is 3. The fourth-order valence-corrected chi connectivity index (χ4v) is 0. The average molecular weight is 141 g/mol. The summed E-state index contributed by atoms with van der Waals surface area (Å²) in [7, 11) is 0. The lowest BCUT2D eigenvalue weighted by Gasteiger charge is -1.61. The Morgan fingerprint density at radius 3 is 1.38 bits per heavy atom. The van der Waals surface area contributed by atoms with Gasteiger partial charge in [-0.05, 0) is 11.6 Å². The highest BCUT2D eigenvalue weighted by atomic mass is 35.5. The standard InChI is InChI=1S/CH2ClNO.CH3NO2/c2*2-1(3)4/h(H2,3,4);2H2,(H,3,4). The van der Waals surface area contributed by atoms with Crippen LogP contribution in [0.1, 0.15) is 0 Å². The number of rotatable bonds is 0. The van der Waals surface area contributed by atoms with E-state index in [2.05, 4.69) is 23.1 Å². The minimum Gasteiger partial charge on any atom is -0.465 e. The van der Waals surface area contributed by atoms with E-state index in [0.29, 0.717) is 0 Å². The van der Waals surface area contributed by atoms with Crippen molar-refractivity contribution in [3.8, 4) is 0 Å². The zero-order valence-corrected chi connectivity index (χ0v) is 4.55. The molecular formula is C2H5ClN2O3. The first-order valence-electron chi connectivity index (χ1n) is 1.40. The van der Waals surface area contributed by atoms with Gasteiger partial charge < -0.3 is 16.6 Å². The monoisotopic (exact) mass is 140 g/mol. The summed E-state index contributed by atoms with van der Waals surface area (Å²) in [5.74, 6) is 0. The van der Waals surface area contributed by atoms with Crippen LogP contribution in [0.2, 0.25) is 0 Å². The van der Waals surface area contributed by atoms with E-state index in [1.807, 2.05) is 0 Å². The van der Waals surface area contributed by atoms with Gasteiger partial charge in [-0.3, -0.25) is 4.79 Å². The Labute approximate surface area is 50.2 Å². The van der Waals surface area contributed by atoms with Gasteiger partial charge in [-0.2, -0.15) is 0 Å². The maximum absolute atomic E-state index is 8.99. The SMILES string of the molecule is NC(=O)Cl.NC(=O)O. The molecule has 0 atom stereocenters. The molecule has 0 rings (SSSR count). The van der Waals surface area contributed by atoms with Gasteiger partial charge in [0.1, 0.15) is 0 Å². The summed E-state index contributed by atoms with van der Waals surface area (Å²) in [5.41, 5.74) is 8.27. The quantitative estimate of drug-likeness (QED) is 0.324. The molecule has 2 amide bonds. The smallest absolute Gasteiger partial charge is 0.402 e. The van der Waals surface area contributed by atoms with E-state index >= 15 is 0 Å². The van der Waals surface area contributed by atoms with Gasteiger partial charge in [0.05, 0.1) is 0 Å². The second-order valence-corrected chi connectivity index (χ2v) is 1.01. The lowest BCUT2D eigenvalue weighted by molar-refractivity contribution is 0.205.